The van der Waals surface area contributed by atoms with Crippen LogP contribution in [0.2, 0.25) is 0 Å². The lowest BCUT2D eigenvalue weighted by Crippen LogP contribution is -2.34. The van der Waals surface area contributed by atoms with Gasteiger partial charge in [-0.05, 0) is 60.9 Å². The SMILES string of the molecule is Cc1ccc(C(=O)NC(=S)Nc2cccc(-c3nc4c(ccc5ccccc54)o3)c2)cc1. The summed E-state index contributed by atoms with van der Waals surface area (Å²) in [7, 11) is 0. The minimum absolute atomic E-state index is 0.219. The number of carbonyl (C=O) groups is 1. The second-order valence-corrected chi connectivity index (χ2v) is 7.92. The molecule has 0 saturated heterocycles. The van der Waals surface area contributed by atoms with Crippen LogP contribution in [0.5, 0.6) is 0 Å². The summed E-state index contributed by atoms with van der Waals surface area (Å²) in [5.41, 5.74) is 4.74. The van der Waals surface area contributed by atoms with Gasteiger partial charge in [0.2, 0.25) is 5.89 Å². The molecule has 156 valence electrons. The molecule has 6 heteroatoms. The van der Waals surface area contributed by atoms with Gasteiger partial charge < -0.3 is 9.73 Å². The van der Waals surface area contributed by atoms with Crippen LogP contribution in [-0.4, -0.2) is 16.0 Å². The standard InChI is InChI=1S/C26H19N3O2S/c1-16-9-11-18(12-10-16)24(30)29-26(32)27-20-7-4-6-19(15-20)25-28-23-21-8-3-2-5-17(21)13-14-22(23)31-25/h2-15H,1H3,(H2,27,29,30,32). The summed E-state index contributed by atoms with van der Waals surface area (Å²) in [6.07, 6.45) is 0. The summed E-state index contributed by atoms with van der Waals surface area (Å²) in [4.78, 5) is 17.1. The fourth-order valence-corrected chi connectivity index (χ4v) is 3.77. The Kier molecular flexibility index (Phi) is 5.13. The highest BCUT2D eigenvalue weighted by Gasteiger charge is 2.12. The zero-order valence-corrected chi connectivity index (χ0v) is 18.1. The van der Waals surface area contributed by atoms with Crippen LogP contribution >= 0.6 is 12.2 Å². The second-order valence-electron chi connectivity index (χ2n) is 7.51. The normalized spacial score (nSPS) is 10.9. The third kappa shape index (κ3) is 3.96. The zero-order chi connectivity index (χ0) is 22.1. The van der Waals surface area contributed by atoms with E-state index >= 15 is 0 Å². The van der Waals surface area contributed by atoms with E-state index < -0.39 is 0 Å². The molecule has 0 atom stereocenters. The highest BCUT2D eigenvalue weighted by molar-refractivity contribution is 7.80. The van der Waals surface area contributed by atoms with E-state index in [9.17, 15) is 4.79 Å². The average molecular weight is 438 g/mol. The molecule has 0 radical (unpaired) electrons. The quantitative estimate of drug-likeness (QED) is 0.335. The van der Waals surface area contributed by atoms with Crippen LogP contribution in [0, 0.1) is 6.92 Å². The number of hydrogen-bond donors (Lipinski definition) is 2. The molecule has 0 spiro atoms. The summed E-state index contributed by atoms with van der Waals surface area (Å²) < 4.78 is 6.01. The van der Waals surface area contributed by atoms with Crippen molar-refractivity contribution < 1.29 is 9.21 Å². The number of amides is 1. The molecule has 0 unspecified atom stereocenters. The molecule has 0 bridgehead atoms. The van der Waals surface area contributed by atoms with Crippen LogP contribution in [0.4, 0.5) is 5.69 Å². The van der Waals surface area contributed by atoms with Gasteiger partial charge in [-0.1, -0.05) is 54.1 Å². The zero-order valence-electron chi connectivity index (χ0n) is 17.3. The van der Waals surface area contributed by atoms with Gasteiger partial charge in [-0.2, -0.15) is 0 Å². The van der Waals surface area contributed by atoms with Gasteiger partial charge in [-0.15, -0.1) is 0 Å². The molecule has 0 aliphatic rings. The average Bonchev–Trinajstić information content (AvgIpc) is 3.25. The number of oxazole rings is 1. The monoisotopic (exact) mass is 437 g/mol. The molecule has 0 aliphatic carbocycles. The van der Waals surface area contributed by atoms with Gasteiger partial charge in [-0.25, -0.2) is 4.98 Å². The maximum Gasteiger partial charge on any atom is 0.257 e. The first-order valence-corrected chi connectivity index (χ1v) is 10.6. The molecule has 1 aromatic heterocycles. The summed E-state index contributed by atoms with van der Waals surface area (Å²) in [6.45, 7) is 1.97. The van der Waals surface area contributed by atoms with Crippen LogP contribution in [0.15, 0.2) is 89.3 Å². The Morgan fingerprint density at radius 2 is 1.75 bits per heavy atom. The van der Waals surface area contributed by atoms with E-state index in [0.717, 1.165) is 38.7 Å². The van der Waals surface area contributed by atoms with Crippen molar-refractivity contribution in [3.05, 3.63) is 96.1 Å². The lowest BCUT2D eigenvalue weighted by molar-refractivity contribution is 0.0977. The van der Waals surface area contributed by atoms with Crippen molar-refractivity contribution in [1.82, 2.24) is 10.3 Å². The minimum atomic E-state index is -0.260. The predicted octanol–water partition coefficient (Wildman–Crippen LogP) is 6.08. The number of aryl methyl sites for hydroxylation is 1. The van der Waals surface area contributed by atoms with Gasteiger partial charge in [0.1, 0.15) is 5.52 Å². The Morgan fingerprint density at radius 3 is 2.59 bits per heavy atom. The summed E-state index contributed by atoms with van der Waals surface area (Å²) >= 11 is 5.32. The molecule has 5 nitrogen and oxygen atoms in total. The van der Waals surface area contributed by atoms with Crippen LogP contribution in [-0.2, 0) is 0 Å². The van der Waals surface area contributed by atoms with E-state index in [1.165, 1.54) is 0 Å². The highest BCUT2D eigenvalue weighted by atomic mass is 32.1. The van der Waals surface area contributed by atoms with Crippen LogP contribution in [0.25, 0.3) is 33.3 Å². The molecule has 1 amide bonds. The number of rotatable bonds is 3. The first-order valence-electron chi connectivity index (χ1n) is 10.1. The van der Waals surface area contributed by atoms with Crippen molar-refractivity contribution >= 4 is 50.8 Å². The van der Waals surface area contributed by atoms with Crippen molar-refractivity contribution in [1.29, 1.82) is 0 Å². The molecular weight excluding hydrogens is 418 g/mol. The van der Waals surface area contributed by atoms with E-state index in [1.807, 2.05) is 73.7 Å². The maximum atomic E-state index is 12.4. The number of nitrogens with one attached hydrogen (secondary N) is 2. The first kappa shape index (κ1) is 19.9. The summed E-state index contributed by atoms with van der Waals surface area (Å²) in [5.74, 6) is 0.263. The molecule has 0 aliphatic heterocycles. The van der Waals surface area contributed by atoms with E-state index in [0.29, 0.717) is 11.5 Å². The number of anilines is 1. The Hall–Kier alpha value is -4.03. The van der Waals surface area contributed by atoms with Crippen LogP contribution in [0.3, 0.4) is 0 Å². The Labute approximate surface area is 190 Å². The van der Waals surface area contributed by atoms with E-state index in [1.54, 1.807) is 12.1 Å². The van der Waals surface area contributed by atoms with E-state index in [4.69, 9.17) is 21.6 Å². The van der Waals surface area contributed by atoms with Crippen molar-refractivity contribution in [3.8, 4) is 11.5 Å². The van der Waals surface area contributed by atoms with Crippen LogP contribution in [0.1, 0.15) is 15.9 Å². The van der Waals surface area contributed by atoms with Crippen molar-refractivity contribution in [3.63, 3.8) is 0 Å². The van der Waals surface area contributed by atoms with Gasteiger partial charge in [0.15, 0.2) is 10.7 Å². The smallest absolute Gasteiger partial charge is 0.257 e. The van der Waals surface area contributed by atoms with Gasteiger partial charge in [0.25, 0.3) is 5.91 Å². The van der Waals surface area contributed by atoms with E-state index in [2.05, 4.69) is 16.7 Å². The van der Waals surface area contributed by atoms with Crippen molar-refractivity contribution in [2.75, 3.05) is 5.32 Å². The molecule has 4 aromatic carbocycles. The third-order valence-electron chi connectivity index (χ3n) is 5.19. The fourth-order valence-electron chi connectivity index (χ4n) is 3.56. The van der Waals surface area contributed by atoms with Crippen molar-refractivity contribution in [2.45, 2.75) is 6.92 Å². The number of thiocarbonyl (C=S) groups is 1. The molecule has 1 heterocycles. The predicted molar refractivity (Wildman–Crippen MR) is 132 cm³/mol. The molecule has 0 saturated carbocycles. The number of aromatic nitrogens is 1. The second kappa shape index (κ2) is 8.24. The molecule has 5 rings (SSSR count). The summed E-state index contributed by atoms with van der Waals surface area (Å²) in [5, 5.41) is 8.15. The number of nitrogens with zero attached hydrogens (tertiary/aromatic N) is 1. The number of benzene rings is 4. The van der Waals surface area contributed by atoms with E-state index in [-0.39, 0.29) is 11.0 Å². The third-order valence-corrected chi connectivity index (χ3v) is 5.40. The number of fused-ring (bicyclic) bond motifs is 3. The van der Waals surface area contributed by atoms with Crippen molar-refractivity contribution in [2.24, 2.45) is 0 Å². The van der Waals surface area contributed by atoms with Gasteiger partial charge in [-0.3, -0.25) is 10.1 Å². The molecule has 32 heavy (non-hydrogen) atoms. The Bertz CT molecular complexity index is 1470. The minimum Gasteiger partial charge on any atom is -0.436 e. The van der Waals surface area contributed by atoms with Gasteiger partial charge >= 0.3 is 0 Å². The number of carbonyl (C=O) groups excluding carboxylic acids is 1. The first-order chi connectivity index (χ1) is 15.6. The molecule has 2 N–H and O–H groups in total. The summed E-state index contributed by atoms with van der Waals surface area (Å²) in [6, 6.07) is 26.9. The lowest BCUT2D eigenvalue weighted by atomic mass is 10.1. The molecular formula is C26H19N3O2S. The topological polar surface area (TPSA) is 67.2 Å². The lowest BCUT2D eigenvalue weighted by Gasteiger charge is -2.10. The van der Waals surface area contributed by atoms with Gasteiger partial charge in [0, 0.05) is 22.2 Å². The maximum absolute atomic E-state index is 12.4. The Balaban J connectivity index is 1.36. The molecule has 5 aromatic rings. The van der Waals surface area contributed by atoms with Gasteiger partial charge in [0.05, 0.1) is 0 Å². The number of hydrogen-bond acceptors (Lipinski definition) is 4. The highest BCUT2D eigenvalue weighted by Crippen LogP contribution is 2.30. The largest absolute Gasteiger partial charge is 0.436 e. The van der Waals surface area contributed by atoms with Crippen LogP contribution < -0.4 is 10.6 Å². The fraction of sp³-hybridized carbons (Fsp3) is 0.0385. The Morgan fingerprint density at radius 1 is 0.938 bits per heavy atom. The molecule has 0 fully saturated rings.